The zero-order valence-corrected chi connectivity index (χ0v) is 13.0. The van der Waals surface area contributed by atoms with Gasteiger partial charge in [0.05, 0.1) is 17.1 Å². The van der Waals surface area contributed by atoms with Crippen molar-refractivity contribution < 1.29 is 8.42 Å². The molecule has 21 heavy (non-hydrogen) atoms. The molecular formula is C14H18N4O2S. The predicted octanol–water partition coefficient (Wildman–Crippen LogP) is 1.61. The second-order valence-electron chi connectivity index (χ2n) is 4.71. The predicted molar refractivity (Wildman–Crippen MR) is 81.5 cm³/mol. The molecule has 1 aromatic heterocycles. The van der Waals surface area contributed by atoms with Gasteiger partial charge in [0, 0.05) is 18.9 Å². The Labute approximate surface area is 124 Å². The quantitative estimate of drug-likeness (QED) is 0.877. The van der Waals surface area contributed by atoms with E-state index in [0.29, 0.717) is 21.7 Å². The number of nitrogens with one attached hydrogen (secondary N) is 2. The van der Waals surface area contributed by atoms with Crippen molar-refractivity contribution in [3.63, 3.8) is 0 Å². The van der Waals surface area contributed by atoms with Crippen molar-refractivity contribution in [2.24, 2.45) is 0 Å². The van der Waals surface area contributed by atoms with Crippen LogP contribution in [0.25, 0.3) is 0 Å². The highest BCUT2D eigenvalue weighted by atomic mass is 32.2. The molecule has 0 bridgehead atoms. The van der Waals surface area contributed by atoms with Gasteiger partial charge in [-0.1, -0.05) is 0 Å². The van der Waals surface area contributed by atoms with Gasteiger partial charge in [0.25, 0.3) is 0 Å². The minimum atomic E-state index is -3.58. The second kappa shape index (κ2) is 6.19. The fourth-order valence-corrected chi connectivity index (χ4v) is 3.63. The Bertz CT molecular complexity index is 707. The first kappa shape index (κ1) is 15.4. The van der Waals surface area contributed by atoms with Crippen LogP contribution < -0.4 is 10.0 Å². The van der Waals surface area contributed by atoms with E-state index >= 15 is 0 Å². The third-order valence-corrected chi connectivity index (χ3v) is 4.81. The van der Waals surface area contributed by atoms with Gasteiger partial charge in [-0.3, -0.25) is 0 Å². The fourth-order valence-electron chi connectivity index (χ4n) is 2.18. The molecule has 0 aliphatic rings. The van der Waals surface area contributed by atoms with Gasteiger partial charge in [0.15, 0.2) is 0 Å². The lowest BCUT2D eigenvalue weighted by molar-refractivity contribution is 0.579. The van der Waals surface area contributed by atoms with Crippen LogP contribution in [-0.2, 0) is 16.6 Å². The molecule has 6 nitrogen and oxygen atoms in total. The van der Waals surface area contributed by atoms with Crippen molar-refractivity contribution in [1.82, 2.24) is 14.7 Å². The van der Waals surface area contributed by atoms with Crippen LogP contribution in [0, 0.1) is 13.8 Å². The summed E-state index contributed by atoms with van der Waals surface area (Å²) < 4.78 is 27.5. The number of aryl methyl sites for hydroxylation is 2. The van der Waals surface area contributed by atoms with Gasteiger partial charge in [0.2, 0.25) is 10.0 Å². The normalized spacial score (nSPS) is 11.4. The average molecular weight is 306 g/mol. The Morgan fingerprint density at radius 1 is 1.19 bits per heavy atom. The summed E-state index contributed by atoms with van der Waals surface area (Å²) in [4.78, 5) is 8.12. The van der Waals surface area contributed by atoms with Crippen molar-refractivity contribution in [3.05, 3.63) is 47.5 Å². The van der Waals surface area contributed by atoms with Gasteiger partial charge < -0.3 is 5.32 Å². The number of sulfonamides is 1. The van der Waals surface area contributed by atoms with E-state index in [2.05, 4.69) is 20.0 Å². The van der Waals surface area contributed by atoms with Gasteiger partial charge in [-0.25, -0.2) is 23.1 Å². The molecule has 2 aromatic rings. The van der Waals surface area contributed by atoms with Gasteiger partial charge in [-0.15, -0.1) is 0 Å². The Morgan fingerprint density at radius 3 is 2.38 bits per heavy atom. The topological polar surface area (TPSA) is 84.0 Å². The van der Waals surface area contributed by atoms with E-state index in [1.807, 2.05) is 12.1 Å². The molecule has 0 aliphatic carbocycles. The Kier molecular flexibility index (Phi) is 4.54. The molecule has 0 aliphatic heterocycles. The zero-order valence-electron chi connectivity index (χ0n) is 12.2. The first-order valence-corrected chi connectivity index (χ1v) is 7.96. The molecule has 1 heterocycles. The van der Waals surface area contributed by atoms with Crippen LogP contribution in [0.15, 0.2) is 35.6 Å². The van der Waals surface area contributed by atoms with Gasteiger partial charge in [0.1, 0.15) is 6.33 Å². The number of rotatable bonds is 5. The van der Waals surface area contributed by atoms with Crippen LogP contribution >= 0.6 is 0 Å². The number of benzene rings is 1. The Balaban J connectivity index is 2.28. The third-order valence-electron chi connectivity index (χ3n) is 3.10. The highest BCUT2D eigenvalue weighted by Crippen LogP contribution is 2.24. The molecule has 0 amide bonds. The molecule has 1 aromatic carbocycles. The third kappa shape index (κ3) is 3.56. The largest absolute Gasteiger partial charge is 0.388 e. The minimum absolute atomic E-state index is 0.136. The molecular weight excluding hydrogens is 288 g/mol. The molecule has 0 saturated heterocycles. The average Bonchev–Trinajstić information content (AvgIpc) is 2.45. The number of hydrogen-bond acceptors (Lipinski definition) is 5. The number of aromatic nitrogens is 2. The monoisotopic (exact) mass is 306 g/mol. The molecule has 7 heteroatoms. The molecule has 2 rings (SSSR count). The summed E-state index contributed by atoms with van der Waals surface area (Å²) in [5.41, 5.74) is 2.92. The van der Waals surface area contributed by atoms with E-state index in [1.165, 1.54) is 6.33 Å². The van der Waals surface area contributed by atoms with E-state index in [1.54, 1.807) is 33.2 Å². The summed E-state index contributed by atoms with van der Waals surface area (Å²) in [5.74, 6) is 0. The summed E-state index contributed by atoms with van der Waals surface area (Å²) >= 11 is 0. The van der Waals surface area contributed by atoms with Crippen LogP contribution in [-0.4, -0.2) is 25.4 Å². The van der Waals surface area contributed by atoms with Crippen LogP contribution in [0.3, 0.4) is 0 Å². The van der Waals surface area contributed by atoms with Crippen LogP contribution in [0.2, 0.25) is 0 Å². The first-order valence-electron chi connectivity index (χ1n) is 6.47. The van der Waals surface area contributed by atoms with E-state index in [-0.39, 0.29) is 6.54 Å². The lowest BCUT2D eigenvalue weighted by Gasteiger charge is -2.13. The fraction of sp³-hybridized carbons (Fsp3) is 0.286. The van der Waals surface area contributed by atoms with Crippen LogP contribution in [0.5, 0.6) is 0 Å². The summed E-state index contributed by atoms with van der Waals surface area (Å²) in [6.07, 6.45) is 2.97. The summed E-state index contributed by atoms with van der Waals surface area (Å²) in [7, 11) is -1.78. The van der Waals surface area contributed by atoms with Gasteiger partial charge in [-0.2, -0.15) is 0 Å². The molecule has 0 radical (unpaired) electrons. The first-order chi connectivity index (χ1) is 9.94. The lowest BCUT2D eigenvalue weighted by atomic mass is 10.1. The maximum Gasteiger partial charge on any atom is 0.241 e. The molecule has 0 fully saturated rings. The second-order valence-corrected chi connectivity index (χ2v) is 6.42. The molecule has 0 unspecified atom stereocenters. The van der Waals surface area contributed by atoms with Crippen molar-refractivity contribution in [1.29, 1.82) is 0 Å². The van der Waals surface area contributed by atoms with Gasteiger partial charge >= 0.3 is 0 Å². The minimum Gasteiger partial charge on any atom is -0.388 e. The maximum atomic E-state index is 12.5. The molecule has 0 atom stereocenters. The van der Waals surface area contributed by atoms with Gasteiger partial charge in [-0.05, 0) is 43.2 Å². The Hall–Kier alpha value is -1.99. The van der Waals surface area contributed by atoms with Crippen LogP contribution in [0.4, 0.5) is 5.69 Å². The summed E-state index contributed by atoms with van der Waals surface area (Å²) in [6.45, 7) is 3.71. The summed E-state index contributed by atoms with van der Waals surface area (Å²) in [5, 5.41) is 3.01. The maximum absolute atomic E-state index is 12.5. The molecule has 112 valence electrons. The number of hydrogen-bond donors (Lipinski definition) is 2. The lowest BCUT2D eigenvalue weighted by Crippen LogP contribution is -2.25. The number of anilines is 1. The molecule has 2 N–H and O–H groups in total. The SMILES string of the molecule is CNc1cc(C)c(S(=O)(=O)NCc2ccncn2)c(C)c1. The van der Waals surface area contributed by atoms with Crippen LogP contribution in [0.1, 0.15) is 16.8 Å². The van der Waals surface area contributed by atoms with E-state index in [9.17, 15) is 8.42 Å². The standard InChI is InChI=1S/C14H18N4O2S/c1-10-6-13(15-3)7-11(2)14(10)21(19,20)18-8-12-4-5-16-9-17-12/h4-7,9,15,18H,8H2,1-3H3. The van der Waals surface area contributed by atoms with E-state index in [0.717, 1.165) is 5.69 Å². The van der Waals surface area contributed by atoms with E-state index < -0.39 is 10.0 Å². The van der Waals surface area contributed by atoms with Crippen molar-refractivity contribution in [2.75, 3.05) is 12.4 Å². The summed E-state index contributed by atoms with van der Waals surface area (Å²) in [6, 6.07) is 5.30. The Morgan fingerprint density at radius 2 is 1.86 bits per heavy atom. The van der Waals surface area contributed by atoms with Crippen molar-refractivity contribution >= 4 is 15.7 Å². The number of nitrogens with zero attached hydrogens (tertiary/aromatic N) is 2. The smallest absolute Gasteiger partial charge is 0.241 e. The molecule has 0 spiro atoms. The highest BCUT2D eigenvalue weighted by molar-refractivity contribution is 7.89. The highest BCUT2D eigenvalue weighted by Gasteiger charge is 2.20. The van der Waals surface area contributed by atoms with Crippen molar-refractivity contribution in [2.45, 2.75) is 25.3 Å². The van der Waals surface area contributed by atoms with Crippen molar-refractivity contribution in [3.8, 4) is 0 Å². The molecule has 0 saturated carbocycles. The van der Waals surface area contributed by atoms with E-state index in [4.69, 9.17) is 0 Å². The zero-order chi connectivity index (χ0) is 15.5.